The fourth-order valence-electron chi connectivity index (χ4n) is 2.84. The molecule has 0 unspecified atom stereocenters. The summed E-state index contributed by atoms with van der Waals surface area (Å²) in [7, 11) is 0. The lowest BCUT2D eigenvalue weighted by atomic mass is 10.2. The molecule has 6 nitrogen and oxygen atoms in total. The Morgan fingerprint density at radius 2 is 2.03 bits per heavy atom. The second-order valence-electron chi connectivity index (χ2n) is 6.34. The summed E-state index contributed by atoms with van der Waals surface area (Å²) in [5, 5.41) is 2.94. The number of hydrogen-bond donors (Lipinski definition) is 1. The maximum absolute atomic E-state index is 12.5. The van der Waals surface area contributed by atoms with Crippen molar-refractivity contribution in [1.29, 1.82) is 0 Å². The van der Waals surface area contributed by atoms with Gasteiger partial charge in [-0.25, -0.2) is 4.98 Å². The number of rotatable bonds is 5. The largest absolute Gasteiger partial charge is 0.484 e. The number of thiazole rings is 1. The smallest absolute Gasteiger partial charge is 0.422 e. The molecule has 30 heavy (non-hydrogen) atoms. The standard InChI is InChI=1S/C19H14F3N3O3S2/c20-19(21,22)10-28-11-5-6-12-15(7-11)30-18(23-12)24-16(26)8-25-13-3-1-2-4-14(13)29-9-17(25)27/h1-7H,8-10H2,(H,23,24,26). The number of nitrogens with zero attached hydrogens (tertiary/aromatic N) is 2. The number of amides is 2. The first-order valence-corrected chi connectivity index (χ1v) is 10.5. The van der Waals surface area contributed by atoms with Gasteiger partial charge in [0.2, 0.25) is 11.8 Å². The zero-order valence-electron chi connectivity index (χ0n) is 15.2. The van der Waals surface area contributed by atoms with E-state index in [9.17, 15) is 22.8 Å². The molecule has 0 aliphatic carbocycles. The van der Waals surface area contributed by atoms with E-state index in [1.54, 1.807) is 12.1 Å². The summed E-state index contributed by atoms with van der Waals surface area (Å²) in [6.45, 7) is -1.54. The Labute approximate surface area is 177 Å². The van der Waals surface area contributed by atoms with Crippen LogP contribution in [0.1, 0.15) is 0 Å². The molecule has 1 aliphatic heterocycles. The van der Waals surface area contributed by atoms with E-state index in [1.807, 2.05) is 12.1 Å². The molecular formula is C19H14F3N3O3S2. The Hall–Kier alpha value is -2.79. The van der Waals surface area contributed by atoms with Crippen molar-refractivity contribution < 1.29 is 27.5 Å². The van der Waals surface area contributed by atoms with Crippen LogP contribution in [0.2, 0.25) is 0 Å². The maximum Gasteiger partial charge on any atom is 0.422 e. The molecule has 156 valence electrons. The number of carbonyl (C=O) groups is 2. The number of ether oxygens (including phenoxy) is 1. The van der Waals surface area contributed by atoms with Gasteiger partial charge in [-0.2, -0.15) is 13.2 Å². The summed E-state index contributed by atoms with van der Waals surface area (Å²) in [6, 6.07) is 11.7. The van der Waals surface area contributed by atoms with Gasteiger partial charge in [0.05, 0.1) is 21.7 Å². The van der Waals surface area contributed by atoms with Crippen molar-refractivity contribution in [2.45, 2.75) is 11.1 Å². The van der Waals surface area contributed by atoms with Gasteiger partial charge in [-0.3, -0.25) is 9.59 Å². The Kier molecular flexibility index (Phi) is 5.56. The van der Waals surface area contributed by atoms with E-state index < -0.39 is 18.7 Å². The maximum atomic E-state index is 12.5. The van der Waals surface area contributed by atoms with Crippen LogP contribution in [0.5, 0.6) is 5.75 Å². The number of alkyl halides is 3. The van der Waals surface area contributed by atoms with Gasteiger partial charge in [0.1, 0.15) is 12.3 Å². The predicted molar refractivity (Wildman–Crippen MR) is 109 cm³/mol. The number of nitrogens with one attached hydrogen (secondary N) is 1. The zero-order valence-corrected chi connectivity index (χ0v) is 16.9. The number of halogens is 3. The van der Waals surface area contributed by atoms with Gasteiger partial charge in [0, 0.05) is 4.90 Å². The van der Waals surface area contributed by atoms with Gasteiger partial charge in [0.15, 0.2) is 11.7 Å². The van der Waals surface area contributed by atoms with Crippen LogP contribution < -0.4 is 15.0 Å². The first-order chi connectivity index (χ1) is 14.3. The number of para-hydroxylation sites is 1. The molecule has 0 bridgehead atoms. The molecule has 0 saturated carbocycles. The van der Waals surface area contributed by atoms with Crippen LogP contribution in [0, 0.1) is 0 Å². The zero-order chi connectivity index (χ0) is 21.3. The van der Waals surface area contributed by atoms with E-state index in [-0.39, 0.29) is 29.1 Å². The van der Waals surface area contributed by atoms with E-state index in [1.165, 1.54) is 34.9 Å². The molecule has 2 aromatic carbocycles. The summed E-state index contributed by atoms with van der Waals surface area (Å²) >= 11 is 2.54. The number of aromatic nitrogens is 1. The second-order valence-corrected chi connectivity index (χ2v) is 8.38. The van der Waals surface area contributed by atoms with E-state index in [2.05, 4.69) is 10.3 Å². The molecular weight excluding hydrogens is 439 g/mol. The summed E-state index contributed by atoms with van der Waals surface area (Å²) < 4.78 is 42.2. The fourth-order valence-corrected chi connectivity index (χ4v) is 4.69. The quantitative estimate of drug-likeness (QED) is 0.623. The van der Waals surface area contributed by atoms with E-state index >= 15 is 0 Å². The third-order valence-electron chi connectivity index (χ3n) is 4.12. The van der Waals surface area contributed by atoms with Crippen LogP contribution in [-0.2, 0) is 9.59 Å². The normalized spacial score (nSPS) is 14.0. The van der Waals surface area contributed by atoms with Gasteiger partial charge in [-0.05, 0) is 30.3 Å². The summed E-state index contributed by atoms with van der Waals surface area (Å²) in [5.74, 6) is -0.261. The minimum absolute atomic E-state index is 0.0642. The topological polar surface area (TPSA) is 71.5 Å². The van der Waals surface area contributed by atoms with Crippen molar-refractivity contribution in [3.8, 4) is 5.75 Å². The SMILES string of the molecule is O=C(CN1C(=O)CSc2ccccc21)Nc1nc2ccc(OCC(F)(F)F)cc2s1. The molecule has 0 fully saturated rings. The van der Waals surface area contributed by atoms with E-state index in [0.29, 0.717) is 15.9 Å². The lowest BCUT2D eigenvalue weighted by molar-refractivity contribution is -0.153. The fraction of sp³-hybridized carbons (Fsp3) is 0.211. The highest BCUT2D eigenvalue weighted by atomic mass is 32.2. The highest BCUT2D eigenvalue weighted by Crippen LogP contribution is 2.35. The minimum atomic E-state index is -4.43. The lowest BCUT2D eigenvalue weighted by Crippen LogP contribution is -2.41. The average molecular weight is 453 g/mol. The van der Waals surface area contributed by atoms with Crippen molar-refractivity contribution in [1.82, 2.24) is 4.98 Å². The van der Waals surface area contributed by atoms with Crippen molar-refractivity contribution >= 4 is 55.9 Å². The summed E-state index contributed by atoms with van der Waals surface area (Å²) in [6.07, 6.45) is -4.43. The number of hydrogen-bond acceptors (Lipinski definition) is 6. The molecule has 0 atom stereocenters. The number of fused-ring (bicyclic) bond motifs is 2. The third-order valence-corrected chi connectivity index (χ3v) is 6.10. The van der Waals surface area contributed by atoms with Crippen molar-refractivity contribution in [3.63, 3.8) is 0 Å². The molecule has 4 rings (SSSR count). The van der Waals surface area contributed by atoms with E-state index in [4.69, 9.17) is 4.74 Å². The van der Waals surface area contributed by atoms with Crippen LogP contribution in [0.3, 0.4) is 0 Å². The first kappa shape index (κ1) is 20.5. The number of anilines is 2. The Morgan fingerprint density at radius 1 is 1.23 bits per heavy atom. The number of benzene rings is 2. The first-order valence-electron chi connectivity index (χ1n) is 8.71. The van der Waals surface area contributed by atoms with Crippen LogP contribution in [-0.4, -0.2) is 41.9 Å². The van der Waals surface area contributed by atoms with Crippen molar-refractivity contribution in [2.24, 2.45) is 0 Å². The van der Waals surface area contributed by atoms with Crippen LogP contribution in [0.4, 0.5) is 24.0 Å². The Balaban J connectivity index is 1.45. The van der Waals surface area contributed by atoms with Gasteiger partial charge in [0.25, 0.3) is 0 Å². The van der Waals surface area contributed by atoms with Gasteiger partial charge in [-0.1, -0.05) is 23.5 Å². The molecule has 2 heterocycles. The molecule has 0 radical (unpaired) electrons. The van der Waals surface area contributed by atoms with Gasteiger partial charge >= 0.3 is 6.18 Å². The van der Waals surface area contributed by atoms with Crippen molar-refractivity contribution in [3.05, 3.63) is 42.5 Å². The average Bonchev–Trinajstić information content (AvgIpc) is 3.09. The number of thioether (sulfide) groups is 1. The molecule has 0 spiro atoms. The molecule has 11 heteroatoms. The van der Waals surface area contributed by atoms with E-state index in [0.717, 1.165) is 16.2 Å². The van der Waals surface area contributed by atoms with Crippen LogP contribution in [0.25, 0.3) is 10.2 Å². The monoisotopic (exact) mass is 453 g/mol. The molecule has 2 amide bonds. The molecule has 1 aliphatic rings. The van der Waals surface area contributed by atoms with Gasteiger partial charge in [-0.15, -0.1) is 11.8 Å². The minimum Gasteiger partial charge on any atom is -0.484 e. The Bertz CT molecular complexity index is 1120. The Morgan fingerprint density at radius 3 is 2.83 bits per heavy atom. The molecule has 3 aromatic rings. The molecule has 1 N–H and O–H groups in total. The predicted octanol–water partition coefficient (Wildman–Crippen LogP) is 4.31. The highest BCUT2D eigenvalue weighted by molar-refractivity contribution is 8.00. The summed E-state index contributed by atoms with van der Waals surface area (Å²) in [4.78, 5) is 31.4. The van der Waals surface area contributed by atoms with Crippen LogP contribution in [0.15, 0.2) is 47.4 Å². The molecule has 1 aromatic heterocycles. The lowest BCUT2D eigenvalue weighted by Gasteiger charge is -2.28. The van der Waals surface area contributed by atoms with Crippen LogP contribution >= 0.6 is 23.1 Å². The van der Waals surface area contributed by atoms with Crippen molar-refractivity contribution in [2.75, 3.05) is 29.1 Å². The highest BCUT2D eigenvalue weighted by Gasteiger charge is 2.29. The molecule has 0 saturated heterocycles. The van der Waals surface area contributed by atoms with Gasteiger partial charge < -0.3 is 15.0 Å². The third kappa shape index (κ3) is 4.68. The summed E-state index contributed by atoms with van der Waals surface area (Å²) in [5.41, 5.74) is 1.20. The second kappa shape index (κ2) is 8.15. The number of carbonyl (C=O) groups excluding carboxylic acids is 2.